The predicted molar refractivity (Wildman–Crippen MR) is 50.6 cm³/mol. The number of benzene rings is 1. The van der Waals surface area contributed by atoms with Gasteiger partial charge in [0.25, 0.3) is 0 Å². The average molecular weight is 250 g/mol. The molecule has 0 saturated heterocycles. The molecule has 94 valence electrons. The molecule has 0 fully saturated rings. The quantitative estimate of drug-likeness (QED) is 0.835. The summed E-state index contributed by atoms with van der Waals surface area (Å²) in [5.41, 5.74) is -0.345. The smallest absolute Gasteiger partial charge is 0.387 e. The molecule has 0 aliphatic rings. The van der Waals surface area contributed by atoms with Crippen molar-refractivity contribution in [2.24, 2.45) is 0 Å². The van der Waals surface area contributed by atoms with Crippen molar-refractivity contribution < 1.29 is 32.9 Å². The van der Waals surface area contributed by atoms with Crippen LogP contribution in [0.2, 0.25) is 0 Å². The topological polar surface area (TPSA) is 66.8 Å². The second kappa shape index (κ2) is 5.53. The molecule has 1 aromatic rings. The van der Waals surface area contributed by atoms with Crippen molar-refractivity contribution in [2.45, 2.75) is 18.9 Å². The fraction of sp³-hybridized carbons (Fsp3) is 0.300. The molecule has 2 N–H and O–H groups in total. The number of ether oxygens (including phenoxy) is 1. The molecule has 0 aliphatic carbocycles. The number of hydrogen-bond donors (Lipinski definition) is 2. The molecule has 2 atom stereocenters. The third-order valence-electron chi connectivity index (χ3n) is 1.97. The van der Waals surface area contributed by atoms with E-state index in [2.05, 4.69) is 4.74 Å². The molecular formula is C10H9F3O4. The van der Waals surface area contributed by atoms with Crippen LogP contribution in [0.25, 0.3) is 0 Å². The fourth-order valence-electron chi connectivity index (χ4n) is 1.22. The molecule has 7 heteroatoms. The molecular weight excluding hydrogens is 241 g/mol. The second-order valence-electron chi connectivity index (χ2n) is 3.10. The summed E-state index contributed by atoms with van der Waals surface area (Å²) in [6, 6.07) is 4.87. The van der Waals surface area contributed by atoms with E-state index >= 15 is 0 Å². The zero-order valence-electron chi connectivity index (χ0n) is 8.39. The summed E-state index contributed by atoms with van der Waals surface area (Å²) in [5, 5.41) is 17.7. The molecule has 1 aromatic carbocycles. The maximum Gasteiger partial charge on any atom is 0.387 e. The van der Waals surface area contributed by atoms with Crippen molar-refractivity contribution in [2.75, 3.05) is 0 Å². The van der Waals surface area contributed by atoms with Gasteiger partial charge in [-0.25, -0.2) is 9.18 Å². The Hall–Kier alpha value is -1.76. The minimum atomic E-state index is -3.15. The van der Waals surface area contributed by atoms with Gasteiger partial charge < -0.3 is 14.9 Å². The van der Waals surface area contributed by atoms with Gasteiger partial charge in [-0.1, -0.05) is 18.2 Å². The van der Waals surface area contributed by atoms with Gasteiger partial charge in [0.05, 0.1) is 0 Å². The van der Waals surface area contributed by atoms with Crippen LogP contribution in [0.5, 0.6) is 5.75 Å². The Morgan fingerprint density at radius 2 is 1.82 bits per heavy atom. The number of alkyl halides is 3. The number of carbonyl (C=O) groups is 1. The van der Waals surface area contributed by atoms with Crippen molar-refractivity contribution in [1.29, 1.82) is 0 Å². The van der Waals surface area contributed by atoms with Crippen LogP contribution < -0.4 is 4.74 Å². The van der Waals surface area contributed by atoms with Crippen LogP contribution in [0.15, 0.2) is 24.3 Å². The van der Waals surface area contributed by atoms with E-state index in [-0.39, 0.29) is 5.56 Å². The van der Waals surface area contributed by atoms with Gasteiger partial charge in [-0.15, -0.1) is 0 Å². The molecule has 0 saturated carbocycles. The highest BCUT2D eigenvalue weighted by molar-refractivity contribution is 5.73. The van der Waals surface area contributed by atoms with Gasteiger partial charge in [-0.05, 0) is 6.07 Å². The number of aliphatic hydroxyl groups excluding tert-OH is 1. The molecule has 0 amide bonds. The molecule has 0 radical (unpaired) electrons. The lowest BCUT2D eigenvalue weighted by Crippen LogP contribution is -2.24. The van der Waals surface area contributed by atoms with Crippen LogP contribution in [-0.4, -0.2) is 29.0 Å². The van der Waals surface area contributed by atoms with E-state index in [0.717, 1.165) is 12.1 Å². The summed E-state index contributed by atoms with van der Waals surface area (Å²) in [4.78, 5) is 10.3. The van der Waals surface area contributed by atoms with Crippen molar-refractivity contribution in [3.8, 4) is 5.75 Å². The zero-order chi connectivity index (χ0) is 13.0. The average Bonchev–Trinajstić information content (AvgIpc) is 2.27. The van der Waals surface area contributed by atoms with Gasteiger partial charge in [0.2, 0.25) is 6.17 Å². The van der Waals surface area contributed by atoms with Crippen LogP contribution in [-0.2, 0) is 4.79 Å². The Bertz CT molecular complexity index is 397. The summed E-state index contributed by atoms with van der Waals surface area (Å²) in [6.07, 6.45) is -4.68. The Kier molecular flexibility index (Phi) is 4.33. The highest BCUT2D eigenvalue weighted by Crippen LogP contribution is 2.29. The molecule has 0 aliphatic heterocycles. The number of aliphatic hydroxyl groups is 1. The van der Waals surface area contributed by atoms with E-state index in [1.165, 1.54) is 12.1 Å². The Morgan fingerprint density at radius 3 is 2.35 bits per heavy atom. The number of carboxylic acid groups (broad SMARTS) is 1. The fourth-order valence-corrected chi connectivity index (χ4v) is 1.22. The molecule has 0 spiro atoms. The number of rotatable bonds is 5. The number of aliphatic carboxylic acids is 1. The highest BCUT2D eigenvalue weighted by atomic mass is 19.3. The Labute approximate surface area is 94.3 Å². The number of para-hydroxylation sites is 1. The lowest BCUT2D eigenvalue weighted by molar-refractivity contribution is -0.147. The second-order valence-corrected chi connectivity index (χ2v) is 3.10. The van der Waals surface area contributed by atoms with Crippen LogP contribution in [0.3, 0.4) is 0 Å². The number of halogens is 3. The SMILES string of the molecule is O=C(O)C(F)C(O)c1ccccc1OC(F)F. The molecule has 0 bridgehead atoms. The highest BCUT2D eigenvalue weighted by Gasteiger charge is 2.29. The van der Waals surface area contributed by atoms with E-state index < -0.39 is 30.6 Å². The summed E-state index contributed by atoms with van der Waals surface area (Å²) >= 11 is 0. The standard InChI is InChI=1S/C10H9F3O4/c11-7(9(15)16)8(14)5-3-1-2-4-6(5)17-10(12)13/h1-4,7-8,10,14H,(H,15,16). The van der Waals surface area contributed by atoms with Crippen molar-refractivity contribution >= 4 is 5.97 Å². The molecule has 1 rings (SSSR count). The van der Waals surface area contributed by atoms with Gasteiger partial charge in [0.15, 0.2) is 0 Å². The number of hydrogen-bond acceptors (Lipinski definition) is 3. The lowest BCUT2D eigenvalue weighted by Gasteiger charge is -2.16. The van der Waals surface area contributed by atoms with Crippen molar-refractivity contribution in [3.05, 3.63) is 29.8 Å². The molecule has 0 aromatic heterocycles. The zero-order valence-corrected chi connectivity index (χ0v) is 8.39. The first kappa shape index (κ1) is 13.3. The largest absolute Gasteiger partial charge is 0.479 e. The normalized spacial score (nSPS) is 14.4. The van der Waals surface area contributed by atoms with Crippen LogP contribution in [0.1, 0.15) is 11.7 Å². The van der Waals surface area contributed by atoms with Crippen LogP contribution in [0.4, 0.5) is 13.2 Å². The first-order valence-corrected chi connectivity index (χ1v) is 4.52. The maximum absolute atomic E-state index is 13.0. The molecule has 17 heavy (non-hydrogen) atoms. The van der Waals surface area contributed by atoms with Gasteiger partial charge >= 0.3 is 12.6 Å². The minimum absolute atomic E-state index is 0.345. The molecule has 4 nitrogen and oxygen atoms in total. The number of carboxylic acids is 1. The van der Waals surface area contributed by atoms with Crippen molar-refractivity contribution in [3.63, 3.8) is 0 Å². The summed E-state index contributed by atoms with van der Waals surface area (Å²) in [6.45, 7) is -3.15. The van der Waals surface area contributed by atoms with E-state index in [1.54, 1.807) is 0 Å². The first-order valence-electron chi connectivity index (χ1n) is 4.52. The van der Waals surface area contributed by atoms with E-state index in [4.69, 9.17) is 5.11 Å². The Balaban J connectivity index is 3.00. The minimum Gasteiger partial charge on any atom is -0.479 e. The maximum atomic E-state index is 13.0. The van der Waals surface area contributed by atoms with Crippen molar-refractivity contribution in [1.82, 2.24) is 0 Å². The van der Waals surface area contributed by atoms with E-state index in [0.29, 0.717) is 0 Å². The van der Waals surface area contributed by atoms with E-state index in [1.807, 2.05) is 0 Å². The molecule has 0 heterocycles. The van der Waals surface area contributed by atoms with E-state index in [9.17, 15) is 23.1 Å². The predicted octanol–water partition coefficient (Wildman–Crippen LogP) is 1.74. The molecule has 2 unspecified atom stereocenters. The third kappa shape index (κ3) is 3.35. The summed E-state index contributed by atoms with van der Waals surface area (Å²) in [5.74, 6) is -2.34. The van der Waals surface area contributed by atoms with Gasteiger partial charge in [0.1, 0.15) is 11.9 Å². The first-order chi connectivity index (χ1) is 7.93. The van der Waals surface area contributed by atoms with Crippen LogP contribution >= 0.6 is 0 Å². The third-order valence-corrected chi connectivity index (χ3v) is 1.97. The lowest BCUT2D eigenvalue weighted by atomic mass is 10.0. The van der Waals surface area contributed by atoms with Gasteiger partial charge in [0, 0.05) is 5.56 Å². The Morgan fingerprint density at radius 1 is 1.24 bits per heavy atom. The van der Waals surface area contributed by atoms with Gasteiger partial charge in [-0.2, -0.15) is 8.78 Å². The summed E-state index contributed by atoms with van der Waals surface area (Å²) < 4.78 is 41.1. The monoisotopic (exact) mass is 250 g/mol. The summed E-state index contributed by atoms with van der Waals surface area (Å²) in [7, 11) is 0. The van der Waals surface area contributed by atoms with Crippen LogP contribution in [0, 0.1) is 0 Å². The van der Waals surface area contributed by atoms with Gasteiger partial charge in [-0.3, -0.25) is 0 Å².